The van der Waals surface area contributed by atoms with E-state index in [1.165, 1.54) is 12.1 Å². The van der Waals surface area contributed by atoms with Crippen molar-refractivity contribution in [2.45, 2.75) is 39.4 Å². The largest absolute Gasteiger partial charge is 0.309 e. The van der Waals surface area contributed by atoms with Crippen LogP contribution in [0.5, 0.6) is 0 Å². The fraction of sp³-hybridized carbons (Fsp3) is 0.400. The zero-order valence-electron chi connectivity index (χ0n) is 12.5. The third-order valence-electron chi connectivity index (χ3n) is 3.13. The van der Waals surface area contributed by atoms with Crippen LogP contribution in [0.25, 0.3) is 0 Å². The predicted octanol–water partition coefficient (Wildman–Crippen LogP) is 2.84. The van der Waals surface area contributed by atoms with Crippen LogP contribution in [-0.2, 0) is 18.6 Å². The topological polar surface area (TPSA) is 73.0 Å². The Morgan fingerprint density at radius 1 is 1.19 bits per heavy atom. The maximum absolute atomic E-state index is 10.6. The fourth-order valence-electron chi connectivity index (χ4n) is 1.90. The Morgan fingerprint density at radius 3 is 2.33 bits per heavy atom. The second-order valence-corrected chi connectivity index (χ2v) is 5.99. The lowest BCUT2D eigenvalue weighted by molar-refractivity contribution is -0.384. The summed E-state index contributed by atoms with van der Waals surface area (Å²) in [6.07, 6.45) is 3.89. The van der Waals surface area contributed by atoms with Crippen LogP contribution in [0.15, 0.2) is 36.7 Å². The molecule has 0 saturated heterocycles. The van der Waals surface area contributed by atoms with E-state index >= 15 is 0 Å². The van der Waals surface area contributed by atoms with Crippen LogP contribution in [0.2, 0.25) is 0 Å². The number of hydrogen-bond acceptors (Lipinski definition) is 4. The van der Waals surface area contributed by atoms with Gasteiger partial charge >= 0.3 is 0 Å². The fourth-order valence-corrected chi connectivity index (χ4v) is 1.90. The van der Waals surface area contributed by atoms with Crippen LogP contribution in [0.4, 0.5) is 5.69 Å². The monoisotopic (exact) mass is 288 g/mol. The Balaban J connectivity index is 1.86. The number of benzene rings is 1. The standard InChI is InChI=1S/C15H20N4O2/c1-15(2,3)18-11-13(10-17-18)9-16-8-12-4-6-14(7-5-12)19(20)21/h4-7,10-11,16H,8-9H2,1-3H3. The summed E-state index contributed by atoms with van der Waals surface area (Å²) in [5.74, 6) is 0. The van der Waals surface area contributed by atoms with E-state index in [0.29, 0.717) is 13.1 Å². The number of nitrogens with one attached hydrogen (secondary N) is 1. The van der Waals surface area contributed by atoms with E-state index in [1.807, 2.05) is 17.1 Å². The van der Waals surface area contributed by atoms with Crippen LogP contribution in [-0.4, -0.2) is 14.7 Å². The van der Waals surface area contributed by atoms with Gasteiger partial charge in [-0.15, -0.1) is 0 Å². The molecule has 0 aliphatic heterocycles. The Kier molecular flexibility index (Phi) is 4.37. The summed E-state index contributed by atoms with van der Waals surface area (Å²) in [6.45, 7) is 7.70. The number of nitro benzene ring substituents is 1. The van der Waals surface area contributed by atoms with Gasteiger partial charge in [-0.1, -0.05) is 12.1 Å². The third-order valence-corrected chi connectivity index (χ3v) is 3.13. The molecule has 1 heterocycles. The van der Waals surface area contributed by atoms with Crippen molar-refractivity contribution < 1.29 is 4.92 Å². The van der Waals surface area contributed by atoms with Crippen LogP contribution >= 0.6 is 0 Å². The van der Waals surface area contributed by atoms with Crippen molar-refractivity contribution in [1.29, 1.82) is 0 Å². The van der Waals surface area contributed by atoms with Crippen molar-refractivity contribution in [2.75, 3.05) is 0 Å². The van der Waals surface area contributed by atoms with Crippen molar-refractivity contribution in [3.8, 4) is 0 Å². The average molecular weight is 288 g/mol. The van der Waals surface area contributed by atoms with Gasteiger partial charge in [-0.25, -0.2) is 0 Å². The summed E-state index contributed by atoms with van der Waals surface area (Å²) >= 11 is 0. The van der Waals surface area contributed by atoms with Gasteiger partial charge in [0.15, 0.2) is 0 Å². The molecule has 0 saturated carbocycles. The zero-order valence-corrected chi connectivity index (χ0v) is 12.5. The van der Waals surface area contributed by atoms with Crippen molar-refractivity contribution in [2.24, 2.45) is 0 Å². The van der Waals surface area contributed by atoms with Gasteiger partial charge < -0.3 is 5.32 Å². The van der Waals surface area contributed by atoms with Gasteiger partial charge in [-0.05, 0) is 26.3 Å². The van der Waals surface area contributed by atoms with Crippen molar-refractivity contribution in [3.05, 3.63) is 57.9 Å². The number of nitrogens with zero attached hydrogens (tertiary/aromatic N) is 3. The molecule has 6 heteroatoms. The van der Waals surface area contributed by atoms with Gasteiger partial charge in [0.25, 0.3) is 5.69 Å². The highest BCUT2D eigenvalue weighted by Crippen LogP contribution is 2.14. The molecule has 0 aliphatic carbocycles. The Hall–Kier alpha value is -2.21. The molecule has 0 radical (unpaired) electrons. The molecule has 2 aromatic rings. The van der Waals surface area contributed by atoms with E-state index in [4.69, 9.17) is 0 Å². The minimum Gasteiger partial charge on any atom is -0.309 e. The first-order valence-electron chi connectivity index (χ1n) is 6.84. The van der Waals surface area contributed by atoms with Gasteiger partial charge in [0.2, 0.25) is 0 Å². The molecular weight excluding hydrogens is 268 g/mol. The van der Waals surface area contributed by atoms with Crippen molar-refractivity contribution >= 4 is 5.69 Å². The van der Waals surface area contributed by atoms with Crippen molar-refractivity contribution in [1.82, 2.24) is 15.1 Å². The molecular formula is C15H20N4O2. The lowest BCUT2D eigenvalue weighted by Crippen LogP contribution is -2.22. The molecule has 0 amide bonds. The lowest BCUT2D eigenvalue weighted by atomic mass is 10.1. The maximum atomic E-state index is 10.6. The molecule has 112 valence electrons. The highest BCUT2D eigenvalue weighted by atomic mass is 16.6. The first-order valence-corrected chi connectivity index (χ1v) is 6.84. The third kappa shape index (κ3) is 4.13. The zero-order chi connectivity index (χ0) is 15.5. The van der Waals surface area contributed by atoms with E-state index in [0.717, 1.165) is 11.1 Å². The summed E-state index contributed by atoms with van der Waals surface area (Å²) in [7, 11) is 0. The number of rotatable bonds is 5. The molecule has 0 atom stereocenters. The molecule has 21 heavy (non-hydrogen) atoms. The molecule has 0 fully saturated rings. The highest BCUT2D eigenvalue weighted by molar-refractivity contribution is 5.32. The van der Waals surface area contributed by atoms with Gasteiger partial charge in [0.05, 0.1) is 16.7 Å². The molecule has 6 nitrogen and oxygen atoms in total. The lowest BCUT2D eigenvalue weighted by Gasteiger charge is -2.18. The Bertz CT molecular complexity index is 611. The normalized spacial score (nSPS) is 11.6. The Morgan fingerprint density at radius 2 is 1.81 bits per heavy atom. The molecule has 2 rings (SSSR count). The molecule has 1 N–H and O–H groups in total. The average Bonchev–Trinajstić information content (AvgIpc) is 2.88. The van der Waals surface area contributed by atoms with E-state index in [-0.39, 0.29) is 11.2 Å². The van der Waals surface area contributed by atoms with E-state index in [1.54, 1.807) is 12.1 Å². The van der Waals surface area contributed by atoms with E-state index in [9.17, 15) is 10.1 Å². The summed E-state index contributed by atoms with van der Waals surface area (Å²) in [4.78, 5) is 10.2. The second kappa shape index (κ2) is 6.05. The molecule has 0 spiro atoms. The van der Waals surface area contributed by atoms with Crippen LogP contribution in [0.3, 0.4) is 0 Å². The smallest absolute Gasteiger partial charge is 0.269 e. The van der Waals surface area contributed by atoms with Gasteiger partial charge in [0.1, 0.15) is 0 Å². The summed E-state index contributed by atoms with van der Waals surface area (Å²) < 4.78 is 1.94. The van der Waals surface area contributed by atoms with Crippen LogP contribution < -0.4 is 5.32 Å². The minimum absolute atomic E-state index is 0.0172. The molecule has 0 bridgehead atoms. The first kappa shape index (κ1) is 15.2. The molecule has 1 aromatic carbocycles. The van der Waals surface area contributed by atoms with Crippen LogP contribution in [0.1, 0.15) is 31.9 Å². The van der Waals surface area contributed by atoms with Gasteiger partial charge in [0, 0.05) is 37.0 Å². The van der Waals surface area contributed by atoms with Gasteiger partial charge in [-0.3, -0.25) is 14.8 Å². The molecule has 1 aromatic heterocycles. The number of aromatic nitrogens is 2. The SMILES string of the molecule is CC(C)(C)n1cc(CNCc2ccc([N+](=O)[O-])cc2)cn1. The molecule has 0 unspecified atom stereocenters. The minimum atomic E-state index is -0.391. The highest BCUT2D eigenvalue weighted by Gasteiger charge is 2.13. The quantitative estimate of drug-likeness (QED) is 0.678. The number of nitro groups is 1. The first-order chi connectivity index (χ1) is 9.86. The van der Waals surface area contributed by atoms with Crippen molar-refractivity contribution in [3.63, 3.8) is 0 Å². The maximum Gasteiger partial charge on any atom is 0.269 e. The molecule has 0 aliphatic rings. The van der Waals surface area contributed by atoms with Crippen LogP contribution in [0, 0.1) is 10.1 Å². The second-order valence-electron chi connectivity index (χ2n) is 5.99. The van der Waals surface area contributed by atoms with Gasteiger partial charge in [-0.2, -0.15) is 5.10 Å². The summed E-state index contributed by atoms with van der Waals surface area (Å²) in [6, 6.07) is 6.58. The summed E-state index contributed by atoms with van der Waals surface area (Å²) in [5, 5.41) is 18.2. The van der Waals surface area contributed by atoms with E-state index < -0.39 is 4.92 Å². The Labute approximate surface area is 123 Å². The predicted molar refractivity (Wildman–Crippen MR) is 80.9 cm³/mol. The number of hydrogen-bond donors (Lipinski definition) is 1. The summed E-state index contributed by atoms with van der Waals surface area (Å²) in [5.41, 5.74) is 2.23. The number of non-ortho nitro benzene ring substituents is 1. The van der Waals surface area contributed by atoms with E-state index in [2.05, 4.69) is 31.2 Å².